The van der Waals surface area contributed by atoms with Crippen molar-refractivity contribution in [3.63, 3.8) is 0 Å². The molecule has 8 nitrogen and oxygen atoms in total. The molecular weight excluding hydrogens is 354 g/mol. The van der Waals surface area contributed by atoms with Crippen molar-refractivity contribution in [3.05, 3.63) is 54.3 Å². The van der Waals surface area contributed by atoms with E-state index in [1.54, 1.807) is 12.1 Å². The van der Waals surface area contributed by atoms with Gasteiger partial charge in [0.25, 0.3) is 11.2 Å². The molecule has 3 N–H and O–H groups in total. The van der Waals surface area contributed by atoms with Crippen molar-refractivity contribution in [1.29, 1.82) is 10.5 Å². The van der Waals surface area contributed by atoms with Crippen molar-refractivity contribution < 1.29 is 4.92 Å². The average Bonchev–Trinajstić information content (AvgIpc) is 2.47. The van der Waals surface area contributed by atoms with Crippen LogP contribution in [0, 0.1) is 32.8 Å². The third-order valence-corrected chi connectivity index (χ3v) is 3.59. The summed E-state index contributed by atoms with van der Waals surface area (Å²) in [6, 6.07) is 7.32. The SMILES string of the molecule is N#Cc1c(N)[nH]c(=O)c(C#N)c1-c1cc([N+](=O)[O-])ccc1Br. The van der Waals surface area contributed by atoms with Crippen molar-refractivity contribution in [3.8, 4) is 23.3 Å². The van der Waals surface area contributed by atoms with Gasteiger partial charge in [-0.1, -0.05) is 15.9 Å². The number of pyridine rings is 1. The number of H-pyrrole nitrogens is 1. The Labute approximate surface area is 131 Å². The van der Waals surface area contributed by atoms with Crippen molar-refractivity contribution in [2.45, 2.75) is 0 Å². The van der Waals surface area contributed by atoms with Gasteiger partial charge >= 0.3 is 0 Å². The monoisotopic (exact) mass is 359 g/mol. The minimum Gasteiger partial charge on any atom is -0.384 e. The molecule has 22 heavy (non-hydrogen) atoms. The minimum atomic E-state index is -0.771. The van der Waals surface area contributed by atoms with E-state index < -0.39 is 10.5 Å². The quantitative estimate of drug-likeness (QED) is 0.618. The third kappa shape index (κ3) is 2.41. The van der Waals surface area contributed by atoms with E-state index in [1.165, 1.54) is 18.2 Å². The number of nitrogens with one attached hydrogen (secondary N) is 1. The molecule has 2 rings (SSSR count). The maximum absolute atomic E-state index is 11.8. The number of nitriles is 2. The summed E-state index contributed by atoms with van der Waals surface area (Å²) in [7, 11) is 0. The van der Waals surface area contributed by atoms with E-state index in [0.717, 1.165) is 0 Å². The van der Waals surface area contributed by atoms with E-state index in [-0.39, 0.29) is 33.8 Å². The standard InChI is InChI=1S/C13H6BrN5O3/c14-10-2-1-6(19(21)22)3-7(10)11-8(4-15)12(17)18-13(20)9(11)5-16/h1-3H,(H3,17,18,20). The number of aromatic amines is 1. The molecule has 108 valence electrons. The van der Waals surface area contributed by atoms with Gasteiger partial charge < -0.3 is 10.7 Å². The lowest BCUT2D eigenvalue weighted by Crippen LogP contribution is -2.16. The van der Waals surface area contributed by atoms with Gasteiger partial charge in [-0.15, -0.1) is 0 Å². The van der Waals surface area contributed by atoms with E-state index in [4.69, 9.17) is 5.73 Å². The molecule has 0 fully saturated rings. The smallest absolute Gasteiger partial charge is 0.270 e. The van der Waals surface area contributed by atoms with Gasteiger partial charge in [0.1, 0.15) is 29.1 Å². The Kier molecular flexibility index (Phi) is 3.93. The molecule has 0 amide bonds. The number of nitro groups is 1. The molecular formula is C13H6BrN5O3. The highest BCUT2D eigenvalue weighted by molar-refractivity contribution is 9.10. The van der Waals surface area contributed by atoms with Crippen molar-refractivity contribution in [2.75, 3.05) is 5.73 Å². The minimum absolute atomic E-state index is 0.0400. The van der Waals surface area contributed by atoms with Gasteiger partial charge in [-0.2, -0.15) is 10.5 Å². The van der Waals surface area contributed by atoms with E-state index in [9.17, 15) is 25.4 Å². The number of non-ortho nitro benzene ring substituents is 1. The predicted molar refractivity (Wildman–Crippen MR) is 80.7 cm³/mol. The predicted octanol–water partition coefficient (Wildman–Crippen LogP) is 2.04. The van der Waals surface area contributed by atoms with Crippen LogP contribution < -0.4 is 11.3 Å². The summed E-state index contributed by atoms with van der Waals surface area (Å²) in [5.74, 6) is -0.208. The van der Waals surface area contributed by atoms with Gasteiger partial charge in [-0.05, 0) is 6.07 Å². The fourth-order valence-electron chi connectivity index (χ4n) is 1.93. The second-order valence-corrected chi connectivity index (χ2v) is 4.99. The van der Waals surface area contributed by atoms with Crippen LogP contribution in [0.25, 0.3) is 11.1 Å². The molecule has 2 aromatic rings. The van der Waals surface area contributed by atoms with Crippen LogP contribution in [0.5, 0.6) is 0 Å². The van der Waals surface area contributed by atoms with Gasteiger partial charge in [-0.3, -0.25) is 14.9 Å². The van der Waals surface area contributed by atoms with Crippen LogP contribution in [0.3, 0.4) is 0 Å². The first-order valence-electron chi connectivity index (χ1n) is 5.71. The Hall–Kier alpha value is -3.17. The van der Waals surface area contributed by atoms with Gasteiger partial charge in [0, 0.05) is 27.7 Å². The Bertz CT molecular complexity index is 936. The Balaban J connectivity index is 2.98. The van der Waals surface area contributed by atoms with E-state index in [1.807, 2.05) is 0 Å². The molecule has 0 saturated carbocycles. The largest absolute Gasteiger partial charge is 0.384 e. The topological polar surface area (TPSA) is 150 Å². The lowest BCUT2D eigenvalue weighted by Gasteiger charge is -2.10. The zero-order valence-corrected chi connectivity index (χ0v) is 12.3. The van der Waals surface area contributed by atoms with Crippen LogP contribution in [0.4, 0.5) is 11.5 Å². The Morgan fingerprint density at radius 3 is 2.45 bits per heavy atom. The number of hydrogen-bond acceptors (Lipinski definition) is 6. The highest BCUT2D eigenvalue weighted by Crippen LogP contribution is 2.35. The number of halogens is 1. The molecule has 0 unspecified atom stereocenters. The molecule has 0 bridgehead atoms. The van der Waals surface area contributed by atoms with E-state index in [0.29, 0.717) is 4.47 Å². The summed E-state index contributed by atoms with van der Waals surface area (Å²) in [4.78, 5) is 24.3. The van der Waals surface area contributed by atoms with Crippen molar-refractivity contribution in [2.24, 2.45) is 0 Å². The lowest BCUT2D eigenvalue weighted by atomic mass is 9.96. The molecule has 9 heteroatoms. The summed E-state index contributed by atoms with van der Waals surface area (Å²) in [5.41, 5.74) is 4.25. The summed E-state index contributed by atoms with van der Waals surface area (Å²) in [5, 5.41) is 29.3. The normalized spacial score (nSPS) is 9.77. The molecule has 0 aliphatic carbocycles. The fraction of sp³-hybridized carbons (Fsp3) is 0. The third-order valence-electron chi connectivity index (χ3n) is 2.90. The second-order valence-electron chi connectivity index (χ2n) is 4.14. The lowest BCUT2D eigenvalue weighted by molar-refractivity contribution is -0.384. The number of hydrogen-bond donors (Lipinski definition) is 2. The van der Waals surface area contributed by atoms with Crippen LogP contribution in [-0.4, -0.2) is 9.91 Å². The highest BCUT2D eigenvalue weighted by Gasteiger charge is 2.21. The fourth-order valence-corrected chi connectivity index (χ4v) is 2.38. The zero-order valence-electron chi connectivity index (χ0n) is 10.8. The number of aromatic nitrogens is 1. The van der Waals surface area contributed by atoms with Crippen LogP contribution in [-0.2, 0) is 0 Å². The van der Waals surface area contributed by atoms with Crippen LogP contribution in [0.15, 0.2) is 27.5 Å². The van der Waals surface area contributed by atoms with Gasteiger partial charge in [0.05, 0.1) is 4.92 Å². The van der Waals surface area contributed by atoms with Crippen molar-refractivity contribution >= 4 is 27.4 Å². The molecule has 1 aromatic carbocycles. The van der Waals surface area contributed by atoms with Crippen LogP contribution >= 0.6 is 15.9 Å². The van der Waals surface area contributed by atoms with Gasteiger partial charge in [0.15, 0.2) is 0 Å². The molecule has 1 heterocycles. The molecule has 0 aliphatic heterocycles. The number of nitro benzene ring substituents is 1. The molecule has 0 aliphatic rings. The number of anilines is 1. The molecule has 1 aromatic heterocycles. The number of nitrogens with zero attached hydrogens (tertiary/aromatic N) is 3. The van der Waals surface area contributed by atoms with Crippen molar-refractivity contribution in [1.82, 2.24) is 4.98 Å². The molecule has 0 atom stereocenters. The second kappa shape index (κ2) is 5.68. The van der Waals surface area contributed by atoms with Gasteiger partial charge in [0.2, 0.25) is 0 Å². The summed E-state index contributed by atoms with van der Waals surface area (Å²) in [6.07, 6.45) is 0. The highest BCUT2D eigenvalue weighted by atomic mass is 79.9. The zero-order chi connectivity index (χ0) is 16.4. The summed E-state index contributed by atoms with van der Waals surface area (Å²) < 4.78 is 0.385. The first kappa shape index (κ1) is 15.2. The van der Waals surface area contributed by atoms with E-state index >= 15 is 0 Å². The summed E-state index contributed by atoms with van der Waals surface area (Å²) in [6.45, 7) is 0. The first-order chi connectivity index (χ1) is 10.4. The molecule has 0 saturated heterocycles. The first-order valence-corrected chi connectivity index (χ1v) is 6.50. The number of nitrogens with two attached hydrogens (primary N) is 1. The molecule has 0 radical (unpaired) electrons. The average molecular weight is 360 g/mol. The molecule has 0 spiro atoms. The van der Waals surface area contributed by atoms with Crippen LogP contribution in [0.1, 0.15) is 11.1 Å². The number of nitrogen functional groups attached to an aromatic ring is 1. The Morgan fingerprint density at radius 1 is 1.27 bits per heavy atom. The number of benzene rings is 1. The maximum atomic E-state index is 11.8. The van der Waals surface area contributed by atoms with E-state index in [2.05, 4.69) is 20.9 Å². The Morgan fingerprint density at radius 2 is 1.91 bits per heavy atom. The van der Waals surface area contributed by atoms with Gasteiger partial charge in [-0.25, -0.2) is 0 Å². The maximum Gasteiger partial charge on any atom is 0.270 e. The summed E-state index contributed by atoms with van der Waals surface area (Å²) >= 11 is 3.20. The van der Waals surface area contributed by atoms with Crippen LogP contribution in [0.2, 0.25) is 0 Å². The number of rotatable bonds is 2.